The molecule has 13 heavy (non-hydrogen) atoms. The zero-order valence-electron chi connectivity index (χ0n) is 7.26. The van der Waals surface area contributed by atoms with Crippen LogP contribution in [0.2, 0.25) is 0 Å². The summed E-state index contributed by atoms with van der Waals surface area (Å²) in [5.74, 6) is -2.79. The fourth-order valence-corrected chi connectivity index (χ4v) is 1.60. The van der Waals surface area contributed by atoms with Crippen molar-refractivity contribution >= 4 is 6.09 Å². The Balaban J connectivity index is 2.52. The zero-order chi connectivity index (χ0) is 10.1. The summed E-state index contributed by atoms with van der Waals surface area (Å²) in [6, 6.07) is -0.675. The number of halogens is 2. The summed E-state index contributed by atoms with van der Waals surface area (Å²) >= 11 is 0. The number of nitrogens with zero attached hydrogens (tertiary/aromatic N) is 1. The number of alkyl halides is 2. The van der Waals surface area contributed by atoms with E-state index in [9.17, 15) is 13.6 Å². The fourth-order valence-electron chi connectivity index (χ4n) is 1.60. The van der Waals surface area contributed by atoms with Gasteiger partial charge in [-0.05, 0) is 7.05 Å². The van der Waals surface area contributed by atoms with Gasteiger partial charge >= 0.3 is 6.09 Å². The lowest BCUT2D eigenvalue weighted by molar-refractivity contribution is -0.0672. The van der Waals surface area contributed by atoms with Gasteiger partial charge in [0, 0.05) is 13.0 Å². The van der Waals surface area contributed by atoms with Gasteiger partial charge in [0.05, 0.1) is 12.6 Å². The number of piperidine rings is 1. The van der Waals surface area contributed by atoms with E-state index in [4.69, 9.17) is 5.11 Å². The van der Waals surface area contributed by atoms with Gasteiger partial charge < -0.3 is 10.4 Å². The van der Waals surface area contributed by atoms with Crippen LogP contribution in [0.25, 0.3) is 0 Å². The third kappa shape index (κ3) is 3.14. The third-order valence-corrected chi connectivity index (χ3v) is 1.91. The SMILES string of the molecule is CN1CC(NC(=O)O)CC(F)(F)C1. The van der Waals surface area contributed by atoms with Crippen molar-refractivity contribution in [3.8, 4) is 0 Å². The Morgan fingerprint density at radius 1 is 1.69 bits per heavy atom. The van der Waals surface area contributed by atoms with Crippen LogP contribution in [0.5, 0.6) is 0 Å². The number of likely N-dealkylation sites (tertiary alicyclic amines) is 1. The van der Waals surface area contributed by atoms with Gasteiger partial charge in [-0.3, -0.25) is 4.90 Å². The van der Waals surface area contributed by atoms with Gasteiger partial charge in [-0.15, -0.1) is 0 Å². The van der Waals surface area contributed by atoms with Gasteiger partial charge in [0.15, 0.2) is 0 Å². The van der Waals surface area contributed by atoms with Crippen LogP contribution in [0.4, 0.5) is 13.6 Å². The minimum atomic E-state index is -2.79. The van der Waals surface area contributed by atoms with Gasteiger partial charge in [0.2, 0.25) is 0 Å². The summed E-state index contributed by atoms with van der Waals surface area (Å²) in [5.41, 5.74) is 0. The van der Waals surface area contributed by atoms with E-state index in [2.05, 4.69) is 5.32 Å². The smallest absolute Gasteiger partial charge is 0.404 e. The molecular formula is C7H12F2N2O2. The molecule has 0 saturated carbocycles. The van der Waals surface area contributed by atoms with Crippen LogP contribution in [0.1, 0.15) is 6.42 Å². The first-order valence-corrected chi connectivity index (χ1v) is 3.95. The molecule has 0 aliphatic carbocycles. The second-order valence-electron chi connectivity index (χ2n) is 3.40. The number of carboxylic acid groups (broad SMARTS) is 1. The van der Waals surface area contributed by atoms with Crippen molar-refractivity contribution in [1.82, 2.24) is 10.2 Å². The van der Waals surface area contributed by atoms with Crippen LogP contribution in [-0.4, -0.2) is 48.2 Å². The number of rotatable bonds is 1. The van der Waals surface area contributed by atoms with Gasteiger partial charge in [-0.2, -0.15) is 0 Å². The molecule has 4 nitrogen and oxygen atoms in total. The van der Waals surface area contributed by atoms with Crippen molar-refractivity contribution in [3.05, 3.63) is 0 Å². The monoisotopic (exact) mass is 194 g/mol. The minimum absolute atomic E-state index is 0.301. The topological polar surface area (TPSA) is 52.6 Å². The number of hydrogen-bond donors (Lipinski definition) is 2. The Morgan fingerprint density at radius 3 is 2.77 bits per heavy atom. The van der Waals surface area contributed by atoms with Crippen molar-refractivity contribution < 1.29 is 18.7 Å². The summed E-state index contributed by atoms with van der Waals surface area (Å²) in [5, 5.41) is 10.4. The molecule has 1 amide bonds. The average Bonchev–Trinajstić information content (AvgIpc) is 1.78. The molecule has 2 N–H and O–H groups in total. The van der Waals surface area contributed by atoms with Gasteiger partial charge in [-0.25, -0.2) is 13.6 Å². The summed E-state index contributed by atoms with van der Waals surface area (Å²) in [6.07, 6.45) is -1.67. The molecule has 1 fully saturated rings. The first-order chi connectivity index (χ1) is 5.89. The minimum Gasteiger partial charge on any atom is -0.465 e. The predicted octanol–water partition coefficient (Wildman–Crippen LogP) is 0.593. The van der Waals surface area contributed by atoms with E-state index in [-0.39, 0.29) is 6.54 Å². The van der Waals surface area contributed by atoms with Crippen molar-refractivity contribution in [3.63, 3.8) is 0 Å². The Bertz CT molecular complexity index is 211. The molecule has 1 atom stereocenters. The summed E-state index contributed by atoms with van der Waals surface area (Å²) in [4.78, 5) is 11.6. The maximum Gasteiger partial charge on any atom is 0.404 e. The van der Waals surface area contributed by atoms with Crippen molar-refractivity contribution in [2.75, 3.05) is 20.1 Å². The second-order valence-corrected chi connectivity index (χ2v) is 3.40. The van der Waals surface area contributed by atoms with E-state index in [0.717, 1.165) is 0 Å². The number of carbonyl (C=O) groups is 1. The number of hydrogen-bond acceptors (Lipinski definition) is 2. The fraction of sp³-hybridized carbons (Fsp3) is 0.857. The highest BCUT2D eigenvalue weighted by molar-refractivity contribution is 5.64. The molecule has 1 heterocycles. The lowest BCUT2D eigenvalue weighted by atomic mass is 10.0. The largest absolute Gasteiger partial charge is 0.465 e. The first-order valence-electron chi connectivity index (χ1n) is 3.95. The molecule has 6 heteroatoms. The van der Waals surface area contributed by atoms with E-state index in [1.807, 2.05) is 0 Å². The summed E-state index contributed by atoms with van der Waals surface area (Å²) in [7, 11) is 1.55. The van der Waals surface area contributed by atoms with Crippen LogP contribution >= 0.6 is 0 Å². The highest BCUT2D eigenvalue weighted by Crippen LogP contribution is 2.25. The standard InChI is InChI=1S/C7H12F2N2O2/c1-11-3-5(10-6(12)13)2-7(8,9)4-11/h5,10H,2-4H2,1H3,(H,12,13). The van der Waals surface area contributed by atoms with Gasteiger partial charge in [0.1, 0.15) is 0 Å². The molecule has 0 aromatic carbocycles. The van der Waals surface area contributed by atoms with Gasteiger partial charge in [-0.1, -0.05) is 0 Å². The van der Waals surface area contributed by atoms with Crippen LogP contribution < -0.4 is 5.32 Å². The first kappa shape index (κ1) is 10.2. The molecule has 1 rings (SSSR count). The quantitative estimate of drug-likeness (QED) is 0.642. The highest BCUT2D eigenvalue weighted by Gasteiger charge is 2.39. The van der Waals surface area contributed by atoms with E-state index in [1.54, 1.807) is 7.05 Å². The molecule has 0 aromatic heterocycles. The summed E-state index contributed by atoms with van der Waals surface area (Å²) < 4.78 is 25.8. The lowest BCUT2D eigenvalue weighted by Gasteiger charge is -2.35. The number of nitrogens with one attached hydrogen (secondary N) is 1. The van der Waals surface area contributed by atoms with E-state index in [1.165, 1.54) is 4.90 Å². The molecular weight excluding hydrogens is 182 g/mol. The number of likely N-dealkylation sites (N-methyl/N-ethyl adjacent to an activating group) is 1. The normalized spacial score (nSPS) is 28.4. The van der Waals surface area contributed by atoms with Crippen LogP contribution in [0.15, 0.2) is 0 Å². The molecule has 1 aliphatic rings. The van der Waals surface area contributed by atoms with Crippen LogP contribution in [-0.2, 0) is 0 Å². The predicted molar refractivity (Wildman–Crippen MR) is 42.0 cm³/mol. The third-order valence-electron chi connectivity index (χ3n) is 1.91. The van der Waals surface area contributed by atoms with Crippen molar-refractivity contribution in [2.45, 2.75) is 18.4 Å². The Labute approximate surface area is 74.5 Å². The molecule has 0 radical (unpaired) electrons. The number of amides is 1. The highest BCUT2D eigenvalue weighted by atomic mass is 19.3. The Morgan fingerprint density at radius 2 is 2.31 bits per heavy atom. The second kappa shape index (κ2) is 3.45. The average molecular weight is 194 g/mol. The molecule has 1 unspecified atom stereocenters. The van der Waals surface area contributed by atoms with E-state index in [0.29, 0.717) is 6.54 Å². The van der Waals surface area contributed by atoms with E-state index >= 15 is 0 Å². The van der Waals surface area contributed by atoms with Crippen LogP contribution in [0.3, 0.4) is 0 Å². The zero-order valence-corrected chi connectivity index (χ0v) is 7.26. The molecule has 76 valence electrons. The molecule has 1 aliphatic heterocycles. The van der Waals surface area contributed by atoms with Crippen molar-refractivity contribution in [1.29, 1.82) is 0 Å². The maximum absolute atomic E-state index is 12.9. The maximum atomic E-state index is 12.9. The summed E-state index contributed by atoms with van der Waals surface area (Å²) in [6.45, 7) is 0.0344. The molecule has 0 spiro atoms. The lowest BCUT2D eigenvalue weighted by Crippen LogP contribution is -2.53. The molecule has 0 aromatic rings. The molecule has 1 saturated heterocycles. The Hall–Kier alpha value is -0.910. The van der Waals surface area contributed by atoms with Crippen LogP contribution in [0, 0.1) is 0 Å². The van der Waals surface area contributed by atoms with Gasteiger partial charge in [0.25, 0.3) is 5.92 Å². The Kier molecular flexibility index (Phi) is 2.70. The molecule has 0 bridgehead atoms. The van der Waals surface area contributed by atoms with Crippen molar-refractivity contribution in [2.24, 2.45) is 0 Å². The van der Waals surface area contributed by atoms with E-state index < -0.39 is 24.5 Å².